The Balaban J connectivity index is 0.000000262. The summed E-state index contributed by atoms with van der Waals surface area (Å²) < 4.78 is 47.6. The highest BCUT2D eigenvalue weighted by Gasteiger charge is 2.34. The summed E-state index contributed by atoms with van der Waals surface area (Å²) in [6, 6.07) is 11.4. The van der Waals surface area contributed by atoms with E-state index in [-0.39, 0.29) is 0 Å². The molecular weight excluding hydrogens is 443 g/mol. The number of aliphatic hydroxyl groups is 1. The van der Waals surface area contributed by atoms with Crippen molar-refractivity contribution in [2.45, 2.75) is 6.18 Å². The molecule has 10 heteroatoms. The van der Waals surface area contributed by atoms with E-state index in [9.17, 15) is 13.2 Å². The normalized spacial score (nSPS) is 11.5. The first-order valence-electron chi connectivity index (χ1n) is 8.96. The van der Waals surface area contributed by atoms with Crippen molar-refractivity contribution in [3.63, 3.8) is 0 Å². The number of alkyl halides is 3. The van der Waals surface area contributed by atoms with Crippen LogP contribution in [0.25, 0.3) is 20.8 Å². The molecule has 0 atom stereocenters. The second-order valence-corrected chi connectivity index (χ2v) is 7.42. The Hall–Kier alpha value is -3.66. The van der Waals surface area contributed by atoms with Crippen LogP contribution in [-0.4, -0.2) is 30.5 Å². The van der Waals surface area contributed by atoms with Gasteiger partial charge in [-0.1, -0.05) is 13.2 Å². The van der Waals surface area contributed by atoms with Gasteiger partial charge in [-0.25, -0.2) is 4.98 Å². The van der Waals surface area contributed by atoms with Crippen molar-refractivity contribution in [2.75, 3.05) is 20.0 Å². The molecule has 0 amide bonds. The van der Waals surface area contributed by atoms with Gasteiger partial charge in [-0.15, -0.1) is 11.3 Å². The smallest absolute Gasteiger partial charge is 0.418 e. The number of benzene rings is 2. The fraction of sp³-hybridized carbons (Fsp3) is 0.136. The number of allylic oxidation sites excluding steroid dienone is 2. The Morgan fingerprint density at radius 1 is 1.12 bits per heavy atom. The molecule has 5 N–H and O–H groups in total. The first-order chi connectivity index (χ1) is 15.0. The molecule has 3 rings (SSSR count). The maximum atomic E-state index is 12.0. The summed E-state index contributed by atoms with van der Waals surface area (Å²) in [4.78, 5) is 4.64. The van der Waals surface area contributed by atoms with Crippen molar-refractivity contribution in [3.8, 4) is 22.1 Å². The van der Waals surface area contributed by atoms with Gasteiger partial charge in [0.2, 0.25) is 0 Å². The topological polar surface area (TPSA) is 104 Å². The fourth-order valence-electron chi connectivity index (χ4n) is 2.55. The van der Waals surface area contributed by atoms with E-state index in [1.54, 1.807) is 25.6 Å². The van der Waals surface area contributed by atoms with Gasteiger partial charge in [-0.3, -0.25) is 0 Å². The number of nitrogen functional groups attached to an aromatic ring is 1. The van der Waals surface area contributed by atoms with E-state index in [4.69, 9.17) is 26.0 Å². The van der Waals surface area contributed by atoms with Crippen LogP contribution in [0.2, 0.25) is 0 Å². The quantitative estimate of drug-likeness (QED) is 0.258. The molecule has 170 valence electrons. The number of thiazole rings is 1. The van der Waals surface area contributed by atoms with Crippen LogP contribution >= 0.6 is 11.3 Å². The Kier molecular flexibility index (Phi) is 7.77. The van der Waals surface area contributed by atoms with E-state index in [1.165, 1.54) is 0 Å². The predicted octanol–water partition coefficient (Wildman–Crippen LogP) is 5.58. The van der Waals surface area contributed by atoms with Gasteiger partial charge in [-0.2, -0.15) is 13.2 Å². The highest BCUT2D eigenvalue weighted by Crippen LogP contribution is 2.37. The molecule has 1 heterocycles. The van der Waals surface area contributed by atoms with Crippen LogP contribution in [0.15, 0.2) is 72.7 Å². The van der Waals surface area contributed by atoms with Gasteiger partial charge in [-0.05, 0) is 36.4 Å². The number of halogens is 3. The van der Waals surface area contributed by atoms with E-state index in [0.717, 1.165) is 32.3 Å². The van der Waals surface area contributed by atoms with Crippen LogP contribution in [-0.2, 0) is 0 Å². The summed E-state index contributed by atoms with van der Waals surface area (Å²) >= 11 is 1.60. The molecule has 0 bridgehead atoms. The third-order valence-corrected chi connectivity index (χ3v) is 5.07. The number of aliphatic hydroxyl groups excluding tert-OH is 1. The van der Waals surface area contributed by atoms with Crippen molar-refractivity contribution in [1.29, 1.82) is 0 Å². The average molecular weight is 465 g/mol. The van der Waals surface area contributed by atoms with E-state index in [1.807, 2.05) is 36.4 Å². The van der Waals surface area contributed by atoms with Gasteiger partial charge in [0.25, 0.3) is 0 Å². The number of fused-ring (bicyclic) bond motifs is 1. The second kappa shape index (κ2) is 10.1. The van der Waals surface area contributed by atoms with Crippen LogP contribution in [0.3, 0.4) is 0 Å². The molecule has 0 saturated carbocycles. The highest BCUT2D eigenvalue weighted by atomic mass is 32.1. The molecule has 1 aromatic heterocycles. The van der Waals surface area contributed by atoms with Gasteiger partial charge >= 0.3 is 6.18 Å². The highest BCUT2D eigenvalue weighted by molar-refractivity contribution is 7.21. The van der Waals surface area contributed by atoms with Crippen molar-refractivity contribution in [1.82, 2.24) is 4.98 Å². The number of methoxy groups -OCH3 is 2. The number of aromatic nitrogens is 1. The van der Waals surface area contributed by atoms with Crippen LogP contribution in [0.4, 0.5) is 18.9 Å². The monoisotopic (exact) mass is 465 g/mol. The van der Waals surface area contributed by atoms with Crippen molar-refractivity contribution < 1.29 is 27.8 Å². The number of nitrogens with zero attached hydrogens (tertiary/aromatic N) is 1. The number of hydrogen-bond acceptors (Lipinski definition) is 7. The standard InChI is InChI=1S/C15H14N2O2S.C7H8F3NO/c1-18-10-4-6-12-14(8-10)20-15(17-12)11-5-3-9(16)7-13(11)19-2;1-4(12)3-6(5(2)11)7(8,9)10/h3-8H,16H2,1-2H3;3,12H,1-2,11H2/b;6-3+. The van der Waals surface area contributed by atoms with Crippen molar-refractivity contribution >= 4 is 27.2 Å². The lowest BCUT2D eigenvalue weighted by Gasteiger charge is -2.10. The van der Waals surface area contributed by atoms with Crippen molar-refractivity contribution in [2.24, 2.45) is 5.73 Å². The number of nitrogens with two attached hydrogens (primary N) is 2. The molecule has 0 spiro atoms. The van der Waals surface area contributed by atoms with Gasteiger partial charge in [0.05, 0.1) is 35.6 Å². The fourth-order valence-corrected chi connectivity index (χ4v) is 3.58. The summed E-state index contributed by atoms with van der Waals surface area (Å²) in [7, 11) is 3.29. The van der Waals surface area contributed by atoms with Gasteiger partial charge < -0.3 is 26.0 Å². The molecule has 0 unspecified atom stereocenters. The number of ether oxygens (including phenoxy) is 2. The van der Waals surface area contributed by atoms with Crippen LogP contribution in [0, 0.1) is 0 Å². The zero-order valence-electron chi connectivity index (χ0n) is 17.4. The number of anilines is 1. The molecule has 32 heavy (non-hydrogen) atoms. The van der Waals surface area contributed by atoms with Crippen molar-refractivity contribution in [3.05, 3.63) is 72.7 Å². The zero-order chi connectivity index (χ0) is 24.1. The lowest BCUT2D eigenvalue weighted by atomic mass is 10.2. The largest absolute Gasteiger partial charge is 0.509 e. The summed E-state index contributed by atoms with van der Waals surface area (Å²) in [5.74, 6) is 0.849. The van der Waals surface area contributed by atoms with Gasteiger partial charge in [0.1, 0.15) is 22.3 Å². The predicted molar refractivity (Wildman–Crippen MR) is 122 cm³/mol. The Bertz CT molecular complexity index is 1170. The van der Waals surface area contributed by atoms with E-state index in [2.05, 4.69) is 18.1 Å². The Morgan fingerprint density at radius 2 is 1.81 bits per heavy atom. The molecule has 3 aromatic rings. The van der Waals surface area contributed by atoms with E-state index >= 15 is 0 Å². The Labute approximate surface area is 186 Å². The van der Waals surface area contributed by atoms with Crippen LogP contribution in [0.1, 0.15) is 0 Å². The first-order valence-corrected chi connectivity index (χ1v) is 9.78. The molecule has 0 fully saturated rings. The molecule has 0 aliphatic rings. The lowest BCUT2D eigenvalue weighted by Crippen LogP contribution is -2.17. The molecule has 0 saturated heterocycles. The lowest BCUT2D eigenvalue weighted by molar-refractivity contribution is -0.0896. The minimum Gasteiger partial charge on any atom is -0.509 e. The maximum Gasteiger partial charge on any atom is 0.418 e. The maximum absolute atomic E-state index is 12.0. The summed E-state index contributed by atoms with van der Waals surface area (Å²) in [5, 5.41) is 9.38. The number of rotatable bonds is 5. The zero-order valence-corrected chi connectivity index (χ0v) is 18.2. The molecule has 0 aliphatic carbocycles. The third-order valence-electron chi connectivity index (χ3n) is 4.01. The SMILES string of the molecule is C=C(O)/C=C(\C(=C)N)C(F)(F)F.COc1ccc2nc(-c3ccc(N)cc3OC)sc2c1. The van der Waals surface area contributed by atoms with Crippen LogP contribution < -0.4 is 20.9 Å². The molecule has 2 aromatic carbocycles. The first kappa shape index (κ1) is 24.6. The number of hydrogen-bond donors (Lipinski definition) is 3. The van der Waals surface area contributed by atoms with E-state index in [0.29, 0.717) is 11.8 Å². The summed E-state index contributed by atoms with van der Waals surface area (Å²) in [6.07, 6.45) is -4.19. The minimum absolute atomic E-state index is 0.419. The Morgan fingerprint density at radius 3 is 2.31 bits per heavy atom. The van der Waals surface area contributed by atoms with Crippen LogP contribution in [0.5, 0.6) is 11.5 Å². The third kappa shape index (κ3) is 6.17. The molecular formula is C22H22F3N3O3S. The van der Waals surface area contributed by atoms with Gasteiger partial charge in [0, 0.05) is 17.5 Å². The summed E-state index contributed by atoms with van der Waals surface area (Å²) in [5.41, 5.74) is 11.3. The van der Waals surface area contributed by atoms with Gasteiger partial charge in [0.15, 0.2) is 0 Å². The molecule has 0 aliphatic heterocycles. The van der Waals surface area contributed by atoms with E-state index < -0.39 is 23.2 Å². The summed E-state index contributed by atoms with van der Waals surface area (Å²) in [6.45, 7) is 5.79. The molecule has 0 radical (unpaired) electrons. The second-order valence-electron chi connectivity index (χ2n) is 6.38. The minimum atomic E-state index is -4.61. The molecule has 6 nitrogen and oxygen atoms in total. The average Bonchev–Trinajstić information content (AvgIpc) is 3.14.